The number of hydrogen-bond acceptors (Lipinski definition) is 5. The van der Waals surface area contributed by atoms with E-state index in [4.69, 9.17) is 16.1 Å². The summed E-state index contributed by atoms with van der Waals surface area (Å²) in [6, 6.07) is 15.6. The Hall–Kier alpha value is -2.70. The molecular formula is C20H20ClN3O2S. The maximum Gasteiger partial charge on any atom is 0.305 e. The number of nitrogens with one attached hydrogen (secondary N) is 1. The third-order valence-electron chi connectivity index (χ3n) is 4.04. The number of nitrogens with zero attached hydrogens (tertiary/aromatic N) is 1. The van der Waals surface area contributed by atoms with Gasteiger partial charge in [-0.2, -0.15) is 0 Å². The van der Waals surface area contributed by atoms with Crippen LogP contribution in [0, 0.1) is 5.41 Å². The maximum atomic E-state index is 11.2. The number of hydrogen-bond donors (Lipinski definition) is 2. The number of aryl methyl sites for hydroxylation is 1. The number of aromatic nitrogens is 1. The molecule has 2 aromatic carbocycles. The second kappa shape index (κ2) is 9.30. The number of nitrogen functional groups attached to an aromatic ring is 1. The molecule has 1 heterocycles. The second-order valence-electron chi connectivity index (χ2n) is 5.80. The van der Waals surface area contributed by atoms with Gasteiger partial charge in [-0.1, -0.05) is 48.5 Å². The number of carbonyl (C=O) groups excluding carboxylic acids is 1. The molecule has 0 atom stereocenters. The lowest BCUT2D eigenvalue weighted by atomic mass is 10.1. The van der Waals surface area contributed by atoms with E-state index < -0.39 is 0 Å². The molecule has 0 aliphatic rings. The number of ether oxygens (including phenoxy) is 1. The molecule has 27 heavy (non-hydrogen) atoms. The fraction of sp³-hybridized carbons (Fsp3) is 0.150. The largest absolute Gasteiger partial charge is 0.469 e. The standard InChI is InChI=1S/C20H19N3O2S.ClH/c1-25-18(24)11-4-13-2-5-16(6-3-13)20-23-17(12-26-20)14-7-9-15(10-8-14)19(21)22;/h2-3,5-10,12H,4,11H2,1H3,(H3,21,22);1H. The normalized spacial score (nSPS) is 10.1. The molecule has 7 heteroatoms. The van der Waals surface area contributed by atoms with Gasteiger partial charge in [0.2, 0.25) is 0 Å². The molecule has 140 valence electrons. The first-order valence-electron chi connectivity index (χ1n) is 8.13. The summed E-state index contributed by atoms with van der Waals surface area (Å²) >= 11 is 1.58. The molecule has 3 N–H and O–H groups in total. The predicted octanol–water partition coefficient (Wildman–Crippen LogP) is 4.29. The first-order valence-corrected chi connectivity index (χ1v) is 9.01. The van der Waals surface area contributed by atoms with Crippen molar-refractivity contribution in [2.24, 2.45) is 5.73 Å². The molecule has 3 rings (SSSR count). The fourth-order valence-corrected chi connectivity index (χ4v) is 3.36. The van der Waals surface area contributed by atoms with Gasteiger partial charge in [-0.05, 0) is 12.0 Å². The van der Waals surface area contributed by atoms with Gasteiger partial charge in [0, 0.05) is 28.5 Å². The molecule has 0 amide bonds. The summed E-state index contributed by atoms with van der Waals surface area (Å²) in [6.07, 6.45) is 1.05. The Bertz CT molecular complexity index is 921. The van der Waals surface area contributed by atoms with Crippen molar-refractivity contribution >= 4 is 35.5 Å². The van der Waals surface area contributed by atoms with E-state index in [9.17, 15) is 4.79 Å². The van der Waals surface area contributed by atoms with E-state index in [1.165, 1.54) is 7.11 Å². The lowest BCUT2D eigenvalue weighted by Crippen LogP contribution is -2.10. The van der Waals surface area contributed by atoms with Crippen LogP contribution < -0.4 is 5.73 Å². The third kappa shape index (κ3) is 5.15. The molecule has 0 bridgehead atoms. The van der Waals surface area contributed by atoms with Crippen LogP contribution in [0.15, 0.2) is 53.9 Å². The van der Waals surface area contributed by atoms with Crippen LogP contribution in [0.4, 0.5) is 0 Å². The molecule has 0 aliphatic carbocycles. The Balaban J connectivity index is 0.00000261. The Morgan fingerprint density at radius 2 is 1.74 bits per heavy atom. The van der Waals surface area contributed by atoms with Gasteiger partial charge in [0.1, 0.15) is 10.8 Å². The molecule has 0 aliphatic heterocycles. The molecule has 0 spiro atoms. The Morgan fingerprint density at radius 1 is 1.11 bits per heavy atom. The second-order valence-corrected chi connectivity index (χ2v) is 6.66. The van der Waals surface area contributed by atoms with Gasteiger partial charge >= 0.3 is 5.97 Å². The molecule has 5 nitrogen and oxygen atoms in total. The van der Waals surface area contributed by atoms with Crippen LogP contribution in [0.5, 0.6) is 0 Å². The van der Waals surface area contributed by atoms with Gasteiger partial charge in [-0.3, -0.25) is 10.2 Å². The molecule has 0 fully saturated rings. The number of esters is 1. The zero-order chi connectivity index (χ0) is 18.5. The maximum absolute atomic E-state index is 11.2. The minimum Gasteiger partial charge on any atom is -0.469 e. The number of halogens is 1. The minimum atomic E-state index is -0.200. The third-order valence-corrected chi connectivity index (χ3v) is 4.93. The van der Waals surface area contributed by atoms with Crippen molar-refractivity contribution in [3.63, 3.8) is 0 Å². The molecule has 0 saturated carbocycles. The molecule has 0 saturated heterocycles. The molecule has 1 aromatic heterocycles. The van der Waals surface area contributed by atoms with Crippen LogP contribution in [0.1, 0.15) is 17.5 Å². The lowest BCUT2D eigenvalue weighted by molar-refractivity contribution is -0.140. The number of carbonyl (C=O) groups is 1. The number of benzene rings is 2. The van der Waals surface area contributed by atoms with Crippen molar-refractivity contribution in [2.75, 3.05) is 7.11 Å². The Morgan fingerprint density at radius 3 is 2.33 bits per heavy atom. The van der Waals surface area contributed by atoms with Gasteiger partial charge < -0.3 is 10.5 Å². The summed E-state index contributed by atoms with van der Waals surface area (Å²) in [5, 5.41) is 10.4. The minimum absolute atomic E-state index is 0. The van der Waals surface area contributed by atoms with E-state index in [0.29, 0.717) is 18.4 Å². The van der Waals surface area contributed by atoms with Crippen LogP contribution in [0.3, 0.4) is 0 Å². The van der Waals surface area contributed by atoms with Gasteiger partial charge in [0.05, 0.1) is 12.8 Å². The molecular weight excluding hydrogens is 382 g/mol. The number of nitrogens with two attached hydrogens (primary N) is 1. The zero-order valence-corrected chi connectivity index (χ0v) is 16.4. The van der Waals surface area contributed by atoms with Crippen LogP contribution in [-0.4, -0.2) is 23.9 Å². The molecule has 0 unspecified atom stereocenters. The monoisotopic (exact) mass is 401 g/mol. The average Bonchev–Trinajstić information content (AvgIpc) is 3.16. The van der Waals surface area contributed by atoms with Gasteiger partial charge in [0.15, 0.2) is 0 Å². The highest BCUT2D eigenvalue weighted by Crippen LogP contribution is 2.29. The van der Waals surface area contributed by atoms with E-state index in [-0.39, 0.29) is 24.2 Å². The molecule has 3 aromatic rings. The summed E-state index contributed by atoms with van der Waals surface area (Å²) in [4.78, 5) is 15.9. The van der Waals surface area contributed by atoms with Crippen molar-refractivity contribution < 1.29 is 9.53 Å². The first-order chi connectivity index (χ1) is 12.6. The SMILES string of the molecule is COC(=O)CCc1ccc(-c2nc(-c3ccc(C(=N)N)cc3)cs2)cc1.Cl. The average molecular weight is 402 g/mol. The first kappa shape index (κ1) is 20.6. The van der Waals surface area contributed by atoms with Gasteiger partial charge in [0.25, 0.3) is 0 Å². The Kier molecular flexibility index (Phi) is 7.10. The summed E-state index contributed by atoms with van der Waals surface area (Å²) in [5.74, 6) is -0.141. The summed E-state index contributed by atoms with van der Waals surface area (Å²) in [5.41, 5.74) is 10.2. The zero-order valence-electron chi connectivity index (χ0n) is 14.8. The number of thiazole rings is 1. The van der Waals surface area contributed by atoms with Crippen LogP contribution >= 0.6 is 23.7 Å². The van der Waals surface area contributed by atoms with Crippen LogP contribution in [0.25, 0.3) is 21.8 Å². The number of amidine groups is 1. The number of rotatable bonds is 6. The van der Waals surface area contributed by atoms with Crippen molar-refractivity contribution in [2.45, 2.75) is 12.8 Å². The van der Waals surface area contributed by atoms with Gasteiger partial charge in [-0.15, -0.1) is 23.7 Å². The summed E-state index contributed by atoms with van der Waals surface area (Å²) in [6.45, 7) is 0. The van der Waals surface area contributed by atoms with Crippen LogP contribution in [-0.2, 0) is 16.0 Å². The smallest absolute Gasteiger partial charge is 0.305 e. The Labute approximate surface area is 168 Å². The summed E-state index contributed by atoms with van der Waals surface area (Å²) < 4.78 is 4.66. The van der Waals surface area contributed by atoms with E-state index in [1.807, 2.05) is 53.9 Å². The van der Waals surface area contributed by atoms with E-state index in [1.54, 1.807) is 11.3 Å². The van der Waals surface area contributed by atoms with Crippen molar-refractivity contribution in [1.29, 1.82) is 5.41 Å². The van der Waals surface area contributed by atoms with Crippen molar-refractivity contribution in [3.05, 3.63) is 65.0 Å². The van der Waals surface area contributed by atoms with Crippen molar-refractivity contribution in [3.8, 4) is 21.8 Å². The molecule has 0 radical (unpaired) electrons. The highest BCUT2D eigenvalue weighted by atomic mass is 35.5. The van der Waals surface area contributed by atoms with E-state index in [2.05, 4.69) is 4.74 Å². The highest BCUT2D eigenvalue weighted by molar-refractivity contribution is 7.13. The lowest BCUT2D eigenvalue weighted by Gasteiger charge is -2.02. The quantitative estimate of drug-likeness (QED) is 0.366. The van der Waals surface area contributed by atoms with E-state index >= 15 is 0 Å². The van der Waals surface area contributed by atoms with Gasteiger partial charge in [-0.25, -0.2) is 4.98 Å². The number of methoxy groups -OCH3 is 1. The van der Waals surface area contributed by atoms with Crippen molar-refractivity contribution in [1.82, 2.24) is 4.98 Å². The topological polar surface area (TPSA) is 89.1 Å². The van der Waals surface area contributed by atoms with Crippen LogP contribution in [0.2, 0.25) is 0 Å². The summed E-state index contributed by atoms with van der Waals surface area (Å²) in [7, 11) is 1.40. The fourth-order valence-electron chi connectivity index (χ4n) is 2.52. The highest BCUT2D eigenvalue weighted by Gasteiger charge is 2.08. The van der Waals surface area contributed by atoms with E-state index in [0.717, 1.165) is 27.4 Å². The predicted molar refractivity (Wildman–Crippen MR) is 112 cm³/mol.